The average Bonchev–Trinajstić information content (AvgIpc) is 2.78. The molecule has 1 aromatic carbocycles. The van der Waals surface area contributed by atoms with Crippen LogP contribution in [0.4, 0.5) is 5.69 Å². The summed E-state index contributed by atoms with van der Waals surface area (Å²) >= 11 is 3.48. The van der Waals surface area contributed by atoms with Crippen LogP contribution in [0, 0.1) is 0 Å². The highest BCUT2D eigenvalue weighted by atomic mass is 79.9. The van der Waals surface area contributed by atoms with Gasteiger partial charge in [0.25, 0.3) is 5.91 Å². The molecular formula is C14H13BrN4O. The number of anilines is 1. The maximum Gasteiger partial charge on any atom is 0.261 e. The Bertz CT molecular complexity index is 712. The first-order chi connectivity index (χ1) is 9.77. The summed E-state index contributed by atoms with van der Waals surface area (Å²) < 4.78 is 0.877. The number of hydrogen-bond acceptors (Lipinski definition) is 4. The average molecular weight is 333 g/mol. The van der Waals surface area contributed by atoms with Crippen LogP contribution in [-0.2, 0) is 0 Å². The van der Waals surface area contributed by atoms with E-state index in [4.69, 9.17) is 0 Å². The van der Waals surface area contributed by atoms with Crippen molar-refractivity contribution in [2.45, 2.75) is 18.9 Å². The molecule has 6 heteroatoms. The summed E-state index contributed by atoms with van der Waals surface area (Å²) in [5, 5.41) is 12.4. The van der Waals surface area contributed by atoms with Gasteiger partial charge in [-0.15, -0.1) is 5.10 Å². The number of halogens is 1. The smallest absolute Gasteiger partial charge is 0.261 e. The van der Waals surface area contributed by atoms with Crippen LogP contribution in [0.1, 0.15) is 23.2 Å². The Kier molecular flexibility index (Phi) is 2.75. The predicted octanol–water partition coefficient (Wildman–Crippen LogP) is 2.10. The molecule has 0 bridgehead atoms. The number of hydrogen-bond donors (Lipinski definition) is 1. The van der Waals surface area contributed by atoms with Gasteiger partial charge < -0.3 is 10.2 Å². The van der Waals surface area contributed by atoms with Crippen LogP contribution in [-0.4, -0.2) is 35.2 Å². The maximum atomic E-state index is 12.7. The minimum atomic E-state index is 0.0479. The topological polar surface area (TPSA) is 58.1 Å². The second-order valence-corrected chi connectivity index (χ2v) is 6.08. The summed E-state index contributed by atoms with van der Waals surface area (Å²) in [6, 6.07) is 4.16. The number of amides is 1. The lowest BCUT2D eigenvalue weighted by molar-refractivity contribution is 0.0979. The molecule has 1 amide bonds. The first-order valence-corrected chi connectivity index (χ1v) is 7.55. The van der Waals surface area contributed by atoms with Crippen molar-refractivity contribution >= 4 is 38.4 Å². The number of carbonyl (C=O) groups is 1. The summed E-state index contributed by atoms with van der Waals surface area (Å²) in [6.07, 6.45) is 3.71. The van der Waals surface area contributed by atoms with E-state index in [0.29, 0.717) is 5.56 Å². The molecule has 3 heterocycles. The second-order valence-electron chi connectivity index (χ2n) is 5.22. The molecule has 0 saturated carbocycles. The van der Waals surface area contributed by atoms with Crippen LogP contribution in [0.5, 0.6) is 0 Å². The van der Waals surface area contributed by atoms with Gasteiger partial charge >= 0.3 is 0 Å². The van der Waals surface area contributed by atoms with E-state index in [-0.39, 0.29) is 11.9 Å². The number of aromatic nitrogens is 2. The van der Waals surface area contributed by atoms with Gasteiger partial charge in [-0.1, -0.05) is 0 Å². The quantitative estimate of drug-likeness (QED) is 0.868. The van der Waals surface area contributed by atoms with E-state index >= 15 is 0 Å². The third kappa shape index (κ3) is 1.61. The van der Waals surface area contributed by atoms with Crippen LogP contribution in [0.25, 0.3) is 10.9 Å². The Morgan fingerprint density at radius 1 is 1.40 bits per heavy atom. The fraction of sp³-hybridized carbons (Fsp3) is 0.357. The largest absolute Gasteiger partial charge is 0.315 e. The van der Waals surface area contributed by atoms with Crippen molar-refractivity contribution in [1.82, 2.24) is 15.5 Å². The van der Waals surface area contributed by atoms with Crippen LogP contribution in [0.3, 0.4) is 0 Å². The van der Waals surface area contributed by atoms with Gasteiger partial charge in [-0.05, 0) is 47.4 Å². The summed E-state index contributed by atoms with van der Waals surface area (Å²) in [5.41, 5.74) is 2.39. The van der Waals surface area contributed by atoms with E-state index in [0.717, 1.165) is 47.0 Å². The van der Waals surface area contributed by atoms with Crippen molar-refractivity contribution in [2.75, 3.05) is 18.0 Å². The lowest BCUT2D eigenvalue weighted by atomic mass is 10.1. The van der Waals surface area contributed by atoms with Gasteiger partial charge in [-0.2, -0.15) is 5.10 Å². The van der Waals surface area contributed by atoms with E-state index in [9.17, 15) is 4.79 Å². The highest BCUT2D eigenvalue weighted by Gasteiger charge is 2.36. The van der Waals surface area contributed by atoms with Gasteiger partial charge in [-0.25, -0.2) is 0 Å². The molecule has 0 radical (unpaired) electrons. The molecule has 2 aromatic rings. The zero-order valence-corrected chi connectivity index (χ0v) is 12.4. The van der Waals surface area contributed by atoms with Crippen LogP contribution < -0.4 is 10.2 Å². The molecule has 1 unspecified atom stereocenters. The molecule has 1 atom stereocenters. The zero-order chi connectivity index (χ0) is 13.7. The van der Waals surface area contributed by atoms with Crippen molar-refractivity contribution in [3.8, 4) is 0 Å². The van der Waals surface area contributed by atoms with Crippen LogP contribution >= 0.6 is 15.9 Å². The van der Waals surface area contributed by atoms with E-state index < -0.39 is 0 Å². The Hall–Kier alpha value is -1.53. The molecule has 5 nitrogen and oxygen atoms in total. The van der Waals surface area contributed by atoms with E-state index in [2.05, 4.69) is 31.4 Å². The van der Waals surface area contributed by atoms with Crippen LogP contribution in [0.15, 0.2) is 22.8 Å². The van der Waals surface area contributed by atoms with Crippen molar-refractivity contribution in [3.63, 3.8) is 0 Å². The molecule has 20 heavy (non-hydrogen) atoms. The molecular weight excluding hydrogens is 320 g/mol. The lowest BCUT2D eigenvalue weighted by Gasteiger charge is -2.32. The number of rotatable bonds is 1. The molecule has 1 saturated heterocycles. The molecule has 2 aliphatic heterocycles. The SMILES string of the molecule is O=C1c2cnnc3c(Br)ccc(c23)N1C1CCCNC1. The first kappa shape index (κ1) is 12.2. The molecule has 0 spiro atoms. The molecule has 1 fully saturated rings. The zero-order valence-electron chi connectivity index (χ0n) is 10.8. The fourth-order valence-corrected chi connectivity index (χ4v) is 3.56. The lowest BCUT2D eigenvalue weighted by Crippen LogP contribution is -2.47. The van der Waals surface area contributed by atoms with Gasteiger partial charge in [0, 0.05) is 22.4 Å². The third-order valence-corrected chi connectivity index (χ3v) is 4.71. The number of nitrogens with one attached hydrogen (secondary N) is 1. The standard InChI is InChI=1S/C14H13BrN4O/c15-10-3-4-11-12-9(7-17-18-13(10)12)14(20)19(11)8-2-1-5-16-6-8/h3-4,7-8,16H,1-2,5-6H2. The summed E-state index contributed by atoms with van der Waals surface area (Å²) in [6.45, 7) is 1.88. The number of carbonyl (C=O) groups excluding carboxylic acids is 1. The number of piperidine rings is 1. The molecule has 4 rings (SSSR count). The van der Waals surface area contributed by atoms with E-state index in [1.54, 1.807) is 6.20 Å². The van der Waals surface area contributed by atoms with E-state index in [1.165, 1.54) is 0 Å². The predicted molar refractivity (Wildman–Crippen MR) is 79.9 cm³/mol. The van der Waals surface area contributed by atoms with Crippen molar-refractivity contribution in [1.29, 1.82) is 0 Å². The molecule has 2 aliphatic rings. The van der Waals surface area contributed by atoms with Crippen molar-refractivity contribution in [3.05, 3.63) is 28.4 Å². The highest BCUT2D eigenvalue weighted by molar-refractivity contribution is 9.10. The van der Waals surface area contributed by atoms with Crippen molar-refractivity contribution in [2.24, 2.45) is 0 Å². The van der Waals surface area contributed by atoms with E-state index in [1.807, 2.05) is 17.0 Å². The van der Waals surface area contributed by atoms with Gasteiger partial charge in [0.1, 0.15) is 5.52 Å². The van der Waals surface area contributed by atoms with Gasteiger partial charge in [0.15, 0.2) is 0 Å². The van der Waals surface area contributed by atoms with Crippen LogP contribution in [0.2, 0.25) is 0 Å². The van der Waals surface area contributed by atoms with Gasteiger partial charge in [0.2, 0.25) is 0 Å². The van der Waals surface area contributed by atoms with Gasteiger partial charge in [-0.3, -0.25) is 4.79 Å². The molecule has 0 aliphatic carbocycles. The number of benzene rings is 1. The maximum absolute atomic E-state index is 12.7. The minimum absolute atomic E-state index is 0.0479. The fourth-order valence-electron chi connectivity index (χ4n) is 3.15. The minimum Gasteiger partial charge on any atom is -0.315 e. The van der Waals surface area contributed by atoms with Crippen molar-refractivity contribution < 1.29 is 4.79 Å². The summed E-state index contributed by atoms with van der Waals surface area (Å²) in [7, 11) is 0. The molecule has 1 aromatic heterocycles. The normalized spacial score (nSPS) is 21.8. The Balaban J connectivity index is 1.91. The Morgan fingerprint density at radius 3 is 3.10 bits per heavy atom. The molecule has 102 valence electrons. The third-order valence-electron chi connectivity index (χ3n) is 4.07. The highest BCUT2D eigenvalue weighted by Crippen LogP contribution is 2.40. The Labute approximate surface area is 124 Å². The second kappa shape index (κ2) is 4.49. The number of nitrogens with zero attached hydrogens (tertiary/aromatic N) is 3. The monoisotopic (exact) mass is 332 g/mol. The first-order valence-electron chi connectivity index (χ1n) is 6.75. The Morgan fingerprint density at radius 2 is 2.30 bits per heavy atom. The molecule has 1 N–H and O–H groups in total. The summed E-state index contributed by atoms with van der Waals surface area (Å²) in [5.74, 6) is 0.0479. The van der Waals surface area contributed by atoms with Gasteiger partial charge in [0.05, 0.1) is 17.4 Å². The summed E-state index contributed by atoms with van der Waals surface area (Å²) in [4.78, 5) is 14.6.